The monoisotopic (exact) mass is 395 g/mol. The van der Waals surface area contributed by atoms with Gasteiger partial charge in [-0.3, -0.25) is 9.80 Å². The van der Waals surface area contributed by atoms with Gasteiger partial charge in [0.1, 0.15) is 17.2 Å². The molecule has 8 heteroatoms. The minimum atomic E-state index is -0.235. The lowest BCUT2D eigenvalue weighted by Gasteiger charge is -2.36. The van der Waals surface area contributed by atoms with Crippen molar-refractivity contribution in [3.8, 4) is 11.5 Å². The van der Waals surface area contributed by atoms with Crippen LogP contribution in [0.3, 0.4) is 0 Å². The lowest BCUT2D eigenvalue weighted by Crippen LogP contribution is -2.42. The van der Waals surface area contributed by atoms with Crippen LogP contribution in [0.15, 0.2) is 23.3 Å². The third-order valence-corrected chi connectivity index (χ3v) is 5.08. The number of anilines is 1. The van der Waals surface area contributed by atoms with Gasteiger partial charge in [-0.2, -0.15) is 5.10 Å². The summed E-state index contributed by atoms with van der Waals surface area (Å²) >= 11 is 1.32. The number of hydrazone groups is 1. The van der Waals surface area contributed by atoms with E-state index in [4.69, 9.17) is 14.2 Å². The molecule has 1 saturated carbocycles. The van der Waals surface area contributed by atoms with Crippen molar-refractivity contribution in [1.82, 2.24) is 5.12 Å². The Balaban J connectivity index is 2.20. The number of esters is 1. The second-order valence-corrected chi connectivity index (χ2v) is 6.96. The first-order chi connectivity index (χ1) is 13.1. The average molecular weight is 396 g/mol. The van der Waals surface area contributed by atoms with E-state index >= 15 is 0 Å². The summed E-state index contributed by atoms with van der Waals surface area (Å²) in [5.74, 6) is 1.45. The van der Waals surface area contributed by atoms with Crippen molar-refractivity contribution in [3.63, 3.8) is 0 Å². The zero-order chi connectivity index (χ0) is 19.6. The van der Waals surface area contributed by atoms with Gasteiger partial charge in [0.2, 0.25) is 0 Å². The molecular formula is C19H29N3O4S. The second kappa shape index (κ2) is 10.9. The Morgan fingerprint density at radius 2 is 1.89 bits per heavy atom. The molecule has 2 rings (SSSR count). The number of benzene rings is 1. The molecule has 1 aromatic carbocycles. The molecule has 7 nitrogen and oxygen atoms in total. The summed E-state index contributed by atoms with van der Waals surface area (Å²) in [5.41, 5.74) is 2.52. The SMILES string of the molecule is CCOC(=O)CS/C=N/N(C1CCCC1)N(C)c1c(OC)cccc1OC. The lowest BCUT2D eigenvalue weighted by atomic mass is 10.2. The van der Waals surface area contributed by atoms with Gasteiger partial charge in [0, 0.05) is 7.05 Å². The molecule has 0 N–H and O–H groups in total. The predicted molar refractivity (Wildman–Crippen MR) is 110 cm³/mol. The summed E-state index contributed by atoms with van der Waals surface area (Å²) in [7, 11) is 5.24. The number of carbonyl (C=O) groups excluding carboxylic acids is 1. The number of para-hydroxylation sites is 1. The standard InChI is InChI=1S/C19H29N3O4S/c1-5-26-18(23)13-27-14-20-22(15-9-6-7-10-15)21(2)19-16(24-3)11-8-12-17(19)25-4/h8,11-12,14-15H,5-7,9-10,13H2,1-4H3/b20-14+. The minimum absolute atomic E-state index is 0.235. The Morgan fingerprint density at radius 3 is 2.44 bits per heavy atom. The smallest absolute Gasteiger partial charge is 0.316 e. The number of thioether (sulfide) groups is 1. The highest BCUT2D eigenvalue weighted by molar-refractivity contribution is 8.12. The van der Waals surface area contributed by atoms with Gasteiger partial charge >= 0.3 is 5.97 Å². The Labute approximate surface area is 165 Å². The summed E-state index contributed by atoms with van der Waals surface area (Å²) in [5, 5.41) is 8.57. The van der Waals surface area contributed by atoms with Crippen LogP contribution in [-0.4, -0.2) is 56.3 Å². The largest absolute Gasteiger partial charge is 0.494 e. The van der Waals surface area contributed by atoms with Crippen LogP contribution >= 0.6 is 11.8 Å². The quantitative estimate of drug-likeness (QED) is 0.260. The summed E-state index contributed by atoms with van der Waals surface area (Å²) in [6.45, 7) is 2.19. The van der Waals surface area contributed by atoms with Crippen molar-refractivity contribution in [2.24, 2.45) is 5.10 Å². The highest BCUT2D eigenvalue weighted by Gasteiger charge is 2.28. The number of hydrogen-bond acceptors (Lipinski definition) is 8. The van der Waals surface area contributed by atoms with Crippen LogP contribution < -0.4 is 14.5 Å². The van der Waals surface area contributed by atoms with E-state index in [1.54, 1.807) is 26.7 Å². The Hall–Kier alpha value is -2.09. The predicted octanol–water partition coefficient (Wildman–Crippen LogP) is 3.54. The van der Waals surface area contributed by atoms with Gasteiger partial charge in [-0.15, -0.1) is 11.8 Å². The van der Waals surface area contributed by atoms with E-state index in [-0.39, 0.29) is 11.7 Å². The van der Waals surface area contributed by atoms with Crippen molar-refractivity contribution < 1.29 is 19.0 Å². The van der Waals surface area contributed by atoms with E-state index < -0.39 is 0 Å². The molecule has 0 radical (unpaired) electrons. The topological polar surface area (TPSA) is 63.6 Å². The van der Waals surface area contributed by atoms with Crippen LogP contribution in [-0.2, 0) is 9.53 Å². The number of methoxy groups -OCH3 is 2. The number of hydrazine groups is 1. The first-order valence-electron chi connectivity index (χ1n) is 9.15. The molecule has 1 aromatic rings. The van der Waals surface area contributed by atoms with E-state index in [1.165, 1.54) is 24.6 Å². The summed E-state index contributed by atoms with van der Waals surface area (Å²) in [4.78, 5) is 11.5. The van der Waals surface area contributed by atoms with E-state index in [9.17, 15) is 4.79 Å². The van der Waals surface area contributed by atoms with Crippen LogP contribution in [0, 0.1) is 0 Å². The van der Waals surface area contributed by atoms with Crippen LogP contribution in [0.1, 0.15) is 32.6 Å². The highest BCUT2D eigenvalue weighted by atomic mass is 32.2. The number of nitrogens with zero attached hydrogens (tertiary/aromatic N) is 3. The first kappa shape index (κ1) is 21.2. The lowest BCUT2D eigenvalue weighted by molar-refractivity contribution is -0.139. The number of ether oxygens (including phenoxy) is 3. The average Bonchev–Trinajstić information content (AvgIpc) is 3.21. The Morgan fingerprint density at radius 1 is 1.26 bits per heavy atom. The molecule has 0 atom stereocenters. The molecule has 150 valence electrons. The van der Waals surface area contributed by atoms with Crippen LogP contribution in [0.25, 0.3) is 0 Å². The van der Waals surface area contributed by atoms with E-state index in [0.29, 0.717) is 24.1 Å². The van der Waals surface area contributed by atoms with Gasteiger partial charge in [0.25, 0.3) is 0 Å². The van der Waals surface area contributed by atoms with Crippen molar-refractivity contribution in [2.75, 3.05) is 38.6 Å². The minimum Gasteiger partial charge on any atom is -0.494 e. The molecule has 0 unspecified atom stereocenters. The summed E-state index contributed by atoms with van der Waals surface area (Å²) in [6, 6.07) is 6.00. The highest BCUT2D eigenvalue weighted by Crippen LogP contribution is 2.39. The second-order valence-electron chi connectivity index (χ2n) is 6.13. The summed E-state index contributed by atoms with van der Waals surface area (Å²) < 4.78 is 16.0. The fraction of sp³-hybridized carbons (Fsp3) is 0.579. The molecule has 0 amide bonds. The Kier molecular flexibility index (Phi) is 8.57. The maximum atomic E-state index is 11.5. The van der Waals surface area contributed by atoms with E-state index in [1.807, 2.05) is 35.4 Å². The summed E-state index contributed by atoms with van der Waals surface area (Å²) in [6.07, 6.45) is 4.51. The van der Waals surface area contributed by atoms with Gasteiger partial charge in [0.15, 0.2) is 0 Å². The molecule has 1 aliphatic carbocycles. The van der Waals surface area contributed by atoms with Gasteiger partial charge < -0.3 is 14.2 Å². The maximum absolute atomic E-state index is 11.5. The third-order valence-electron chi connectivity index (χ3n) is 4.43. The van der Waals surface area contributed by atoms with Crippen molar-refractivity contribution in [2.45, 2.75) is 38.6 Å². The fourth-order valence-electron chi connectivity index (χ4n) is 3.19. The molecule has 27 heavy (non-hydrogen) atoms. The molecule has 0 heterocycles. The van der Waals surface area contributed by atoms with Crippen LogP contribution in [0.5, 0.6) is 11.5 Å². The number of rotatable bonds is 10. The van der Waals surface area contributed by atoms with Crippen LogP contribution in [0.4, 0.5) is 5.69 Å². The Bertz CT molecular complexity index is 613. The molecule has 0 aliphatic heterocycles. The molecule has 1 aliphatic rings. The van der Waals surface area contributed by atoms with Gasteiger partial charge in [-0.1, -0.05) is 18.9 Å². The number of hydrogen-bond donors (Lipinski definition) is 0. The van der Waals surface area contributed by atoms with Gasteiger partial charge in [-0.05, 0) is 31.9 Å². The normalized spacial score (nSPS) is 14.4. The molecule has 0 aromatic heterocycles. The molecule has 0 spiro atoms. The maximum Gasteiger partial charge on any atom is 0.316 e. The van der Waals surface area contributed by atoms with E-state index in [0.717, 1.165) is 18.5 Å². The van der Waals surface area contributed by atoms with Crippen molar-refractivity contribution >= 4 is 29.0 Å². The molecule has 0 bridgehead atoms. The fourth-order valence-corrected chi connectivity index (χ4v) is 3.65. The molecule has 1 fully saturated rings. The zero-order valence-corrected chi connectivity index (χ0v) is 17.3. The molecular weight excluding hydrogens is 366 g/mol. The number of carbonyl (C=O) groups is 1. The first-order valence-corrected chi connectivity index (χ1v) is 10.2. The van der Waals surface area contributed by atoms with Crippen molar-refractivity contribution in [3.05, 3.63) is 18.2 Å². The van der Waals surface area contributed by atoms with E-state index in [2.05, 4.69) is 5.10 Å². The zero-order valence-electron chi connectivity index (χ0n) is 16.5. The third kappa shape index (κ3) is 5.69. The van der Waals surface area contributed by atoms with Gasteiger partial charge in [-0.25, -0.2) is 5.12 Å². The molecule has 0 saturated heterocycles. The van der Waals surface area contributed by atoms with Gasteiger partial charge in [0.05, 0.1) is 38.2 Å². The van der Waals surface area contributed by atoms with Crippen LogP contribution in [0.2, 0.25) is 0 Å². The van der Waals surface area contributed by atoms with Crippen molar-refractivity contribution in [1.29, 1.82) is 0 Å².